The van der Waals surface area contributed by atoms with Crippen LogP contribution in [0.25, 0.3) is 0 Å². The van der Waals surface area contributed by atoms with Gasteiger partial charge in [0.05, 0.1) is 11.8 Å². The van der Waals surface area contributed by atoms with Crippen molar-refractivity contribution in [3.63, 3.8) is 0 Å². The van der Waals surface area contributed by atoms with Gasteiger partial charge in [0.25, 0.3) is 0 Å². The maximum Gasteiger partial charge on any atom is 0.309 e. The van der Waals surface area contributed by atoms with Crippen LogP contribution in [0.2, 0.25) is 0 Å². The molecule has 5 heteroatoms. The number of carboxylic acids is 1. The molecule has 4 rings (SSSR count). The average Bonchev–Trinajstić information content (AvgIpc) is 3.01. The molecule has 1 aliphatic heterocycles. The molecule has 0 amide bonds. The molecule has 1 unspecified atom stereocenters. The Morgan fingerprint density at radius 3 is 2.58 bits per heavy atom. The van der Waals surface area contributed by atoms with Crippen molar-refractivity contribution >= 4 is 17.7 Å². The van der Waals surface area contributed by atoms with Crippen molar-refractivity contribution in [2.75, 3.05) is 0 Å². The number of carbonyl (C=O) groups excluding carboxylic acids is 2. The van der Waals surface area contributed by atoms with Gasteiger partial charge in [-0.1, -0.05) is 13.8 Å². The van der Waals surface area contributed by atoms with Crippen LogP contribution in [0.1, 0.15) is 58.8 Å². The van der Waals surface area contributed by atoms with Crippen LogP contribution < -0.4 is 0 Å². The van der Waals surface area contributed by atoms with Gasteiger partial charge >= 0.3 is 11.9 Å². The Bertz CT molecular complexity index is 613. The number of ether oxygens (including phenoxy) is 1. The molecular weight excluding hydrogens is 308 g/mol. The first-order chi connectivity index (χ1) is 11.3. The van der Waals surface area contributed by atoms with Crippen LogP contribution in [-0.4, -0.2) is 28.9 Å². The van der Waals surface area contributed by atoms with Gasteiger partial charge in [0.15, 0.2) is 0 Å². The Balaban J connectivity index is 1.71. The summed E-state index contributed by atoms with van der Waals surface area (Å²) in [7, 11) is 0. The zero-order valence-corrected chi connectivity index (χ0v) is 14.4. The molecule has 4 aliphatic rings. The highest BCUT2D eigenvalue weighted by atomic mass is 16.6. The van der Waals surface area contributed by atoms with E-state index < -0.39 is 17.3 Å². The van der Waals surface area contributed by atoms with E-state index in [9.17, 15) is 19.5 Å². The van der Waals surface area contributed by atoms with Crippen molar-refractivity contribution in [1.29, 1.82) is 0 Å². The Kier molecular flexibility index (Phi) is 3.39. The summed E-state index contributed by atoms with van der Waals surface area (Å²) in [5, 5.41) is 10.0. The minimum absolute atomic E-state index is 0.0285. The molecule has 0 aromatic rings. The second kappa shape index (κ2) is 5.06. The molecule has 7 atom stereocenters. The third-order valence-electron chi connectivity index (χ3n) is 7.98. The van der Waals surface area contributed by atoms with Crippen LogP contribution in [0.15, 0.2) is 0 Å². The lowest BCUT2D eigenvalue weighted by molar-refractivity contribution is -0.162. The van der Waals surface area contributed by atoms with Crippen LogP contribution in [0, 0.1) is 34.5 Å². The molecule has 0 radical (unpaired) electrons. The quantitative estimate of drug-likeness (QED) is 0.785. The number of carbonyl (C=O) groups is 3. The topological polar surface area (TPSA) is 80.7 Å². The van der Waals surface area contributed by atoms with E-state index in [2.05, 4.69) is 6.92 Å². The number of hydrogen-bond donors (Lipinski definition) is 1. The molecule has 5 nitrogen and oxygen atoms in total. The fourth-order valence-corrected chi connectivity index (χ4v) is 6.46. The second-order valence-electron chi connectivity index (χ2n) is 8.89. The summed E-state index contributed by atoms with van der Waals surface area (Å²) in [5.41, 5.74) is -0.802. The van der Waals surface area contributed by atoms with Gasteiger partial charge in [-0.15, -0.1) is 0 Å². The third-order valence-corrected chi connectivity index (χ3v) is 7.98. The van der Waals surface area contributed by atoms with E-state index >= 15 is 0 Å². The van der Waals surface area contributed by atoms with E-state index in [1.807, 2.05) is 6.92 Å². The Hall–Kier alpha value is -1.39. The minimum atomic E-state index is -0.791. The number of aliphatic carboxylic acids is 1. The van der Waals surface area contributed by atoms with Gasteiger partial charge in [-0.25, -0.2) is 0 Å². The van der Waals surface area contributed by atoms with E-state index in [-0.39, 0.29) is 41.0 Å². The van der Waals surface area contributed by atoms with Crippen LogP contribution >= 0.6 is 0 Å². The Morgan fingerprint density at radius 1 is 1.12 bits per heavy atom. The van der Waals surface area contributed by atoms with E-state index in [4.69, 9.17) is 4.74 Å². The molecule has 2 bridgehead atoms. The summed E-state index contributed by atoms with van der Waals surface area (Å²) < 4.78 is 5.45. The van der Waals surface area contributed by atoms with Crippen LogP contribution in [-0.2, 0) is 19.1 Å². The van der Waals surface area contributed by atoms with Crippen LogP contribution in [0.3, 0.4) is 0 Å². The molecule has 132 valence electrons. The summed E-state index contributed by atoms with van der Waals surface area (Å²) in [6.07, 6.45) is 5.10. The van der Waals surface area contributed by atoms with Crippen molar-refractivity contribution in [3.05, 3.63) is 0 Å². The zero-order chi connectivity index (χ0) is 17.3. The summed E-state index contributed by atoms with van der Waals surface area (Å²) in [4.78, 5) is 36.9. The van der Waals surface area contributed by atoms with Gasteiger partial charge in [0.2, 0.25) is 0 Å². The summed E-state index contributed by atoms with van der Waals surface area (Å²) in [6, 6.07) is 0. The average molecular weight is 334 g/mol. The normalized spacial score (nSPS) is 50.5. The van der Waals surface area contributed by atoms with Crippen molar-refractivity contribution in [3.8, 4) is 0 Å². The molecular formula is C19H26O5. The molecule has 24 heavy (non-hydrogen) atoms. The van der Waals surface area contributed by atoms with Crippen molar-refractivity contribution in [2.24, 2.45) is 34.5 Å². The number of fused-ring (bicyclic) bond motifs is 3. The fraction of sp³-hybridized carbons (Fsp3) is 0.842. The standard InChI is InChI=1S/C19H26O5/c1-18(7-5-10-9-13(18)17(23)24-10)12-6-8-19(2)11(3-4-14(19)20)15(12)16(21)22/h10-13,15H,3-9H2,1-2H3,(H,21,22)/t10?,11-,12-,13-,15-,18+,19-/m0/s1. The first-order valence-corrected chi connectivity index (χ1v) is 9.24. The second-order valence-corrected chi connectivity index (χ2v) is 8.89. The van der Waals surface area contributed by atoms with Gasteiger partial charge in [-0.3, -0.25) is 14.4 Å². The number of rotatable bonds is 2. The molecule has 0 aromatic heterocycles. The lowest BCUT2D eigenvalue weighted by Gasteiger charge is -2.52. The number of Topliss-reactive ketones (excluding diaryl/α,β-unsaturated/α-hetero) is 1. The largest absolute Gasteiger partial charge is 0.481 e. The minimum Gasteiger partial charge on any atom is -0.481 e. The number of esters is 1. The van der Waals surface area contributed by atoms with E-state index in [0.29, 0.717) is 12.8 Å². The predicted molar refractivity (Wildman–Crippen MR) is 85.0 cm³/mol. The maximum absolute atomic E-state index is 12.4. The maximum atomic E-state index is 12.4. The Labute approximate surface area is 142 Å². The van der Waals surface area contributed by atoms with Crippen molar-refractivity contribution < 1.29 is 24.2 Å². The monoisotopic (exact) mass is 334 g/mol. The SMILES string of the molecule is C[C@]1([C@H]2CC[C@]3(C)C(=O)CC[C@H]3[C@@H]2C(=O)O)CCC2C[C@H]1C(=O)O2. The Morgan fingerprint density at radius 2 is 1.88 bits per heavy atom. The molecule has 1 heterocycles. The van der Waals surface area contributed by atoms with Crippen LogP contribution in [0.5, 0.6) is 0 Å². The highest BCUT2D eigenvalue weighted by molar-refractivity contribution is 5.88. The van der Waals surface area contributed by atoms with Gasteiger partial charge < -0.3 is 9.84 Å². The van der Waals surface area contributed by atoms with Crippen molar-refractivity contribution in [2.45, 2.75) is 64.9 Å². The smallest absolute Gasteiger partial charge is 0.309 e. The lowest BCUT2D eigenvalue weighted by Crippen LogP contribution is -2.52. The molecule has 0 spiro atoms. The lowest BCUT2D eigenvalue weighted by atomic mass is 9.50. The molecule has 1 N–H and O–H groups in total. The van der Waals surface area contributed by atoms with Crippen LogP contribution in [0.4, 0.5) is 0 Å². The third kappa shape index (κ3) is 1.96. The van der Waals surface area contributed by atoms with E-state index in [0.717, 1.165) is 32.1 Å². The molecule has 0 aromatic carbocycles. The first-order valence-electron chi connectivity index (χ1n) is 9.24. The van der Waals surface area contributed by atoms with Gasteiger partial charge in [-0.05, 0) is 55.8 Å². The van der Waals surface area contributed by atoms with Gasteiger partial charge in [-0.2, -0.15) is 0 Å². The molecule has 3 saturated carbocycles. The highest BCUT2D eigenvalue weighted by Crippen LogP contribution is 2.62. The number of hydrogen-bond acceptors (Lipinski definition) is 4. The van der Waals surface area contributed by atoms with E-state index in [1.54, 1.807) is 0 Å². The van der Waals surface area contributed by atoms with E-state index in [1.165, 1.54) is 0 Å². The first kappa shape index (κ1) is 16.1. The van der Waals surface area contributed by atoms with Gasteiger partial charge in [0.1, 0.15) is 11.9 Å². The van der Waals surface area contributed by atoms with Gasteiger partial charge in [0, 0.05) is 11.8 Å². The molecule has 1 saturated heterocycles. The predicted octanol–water partition coefficient (Wildman–Crippen LogP) is 2.81. The number of ketones is 1. The molecule has 3 aliphatic carbocycles. The highest BCUT2D eigenvalue weighted by Gasteiger charge is 2.63. The summed E-state index contributed by atoms with van der Waals surface area (Å²) in [6.45, 7) is 4.06. The zero-order valence-electron chi connectivity index (χ0n) is 14.4. The molecule has 4 fully saturated rings. The summed E-state index contributed by atoms with van der Waals surface area (Å²) in [5.74, 6) is -1.54. The summed E-state index contributed by atoms with van der Waals surface area (Å²) >= 11 is 0. The number of carboxylic acid groups (broad SMARTS) is 1. The fourth-order valence-electron chi connectivity index (χ4n) is 6.46. The van der Waals surface area contributed by atoms with Crippen molar-refractivity contribution in [1.82, 2.24) is 0 Å².